The minimum Gasteiger partial charge on any atom is -0.359 e. The summed E-state index contributed by atoms with van der Waals surface area (Å²) in [5.74, 6) is 1.44. The van der Waals surface area contributed by atoms with Gasteiger partial charge in [0.2, 0.25) is 5.91 Å². The van der Waals surface area contributed by atoms with Crippen LogP contribution in [0.25, 0.3) is 0 Å². The molecule has 1 fully saturated rings. The van der Waals surface area contributed by atoms with E-state index in [1.54, 1.807) is 17.0 Å². The van der Waals surface area contributed by atoms with Gasteiger partial charge in [0.05, 0.1) is 23.8 Å². The van der Waals surface area contributed by atoms with Crippen molar-refractivity contribution in [3.63, 3.8) is 0 Å². The molecule has 0 unspecified atom stereocenters. The number of carbonyl (C=O) groups excluding carboxylic acids is 1. The Labute approximate surface area is 140 Å². The summed E-state index contributed by atoms with van der Waals surface area (Å²) in [5.41, 5.74) is 1.32. The number of hydrogen-bond donors (Lipinski definition) is 0. The van der Waals surface area contributed by atoms with Crippen LogP contribution in [-0.4, -0.2) is 41.1 Å². The van der Waals surface area contributed by atoms with Crippen LogP contribution in [0.5, 0.6) is 0 Å². The summed E-state index contributed by atoms with van der Waals surface area (Å²) in [6.45, 7) is 2.82. The van der Waals surface area contributed by atoms with Crippen LogP contribution in [0.15, 0.2) is 28.9 Å². The second-order valence-electron chi connectivity index (χ2n) is 5.99. The molecular weight excluding hydrogens is 306 g/mol. The molecule has 2 aromatic heterocycles. The van der Waals surface area contributed by atoms with E-state index in [-0.39, 0.29) is 18.5 Å². The number of likely N-dealkylation sites (N-methyl/N-ethyl adjacent to an activating group) is 1. The van der Waals surface area contributed by atoms with Crippen molar-refractivity contribution < 1.29 is 9.32 Å². The number of hydrogen-bond acceptors (Lipinski definition) is 6. The number of pyridine rings is 1. The summed E-state index contributed by atoms with van der Waals surface area (Å²) in [6.07, 6.45) is 3.35. The fourth-order valence-corrected chi connectivity index (χ4v) is 2.95. The molecule has 0 spiro atoms. The van der Waals surface area contributed by atoms with E-state index < -0.39 is 0 Å². The normalized spacial score (nSPS) is 16.9. The summed E-state index contributed by atoms with van der Waals surface area (Å²) < 4.78 is 5.34. The van der Waals surface area contributed by atoms with Gasteiger partial charge < -0.3 is 14.3 Å². The highest BCUT2D eigenvalue weighted by atomic mass is 16.5. The number of amides is 1. The van der Waals surface area contributed by atoms with Gasteiger partial charge in [0.25, 0.3) is 0 Å². The number of likely N-dealkylation sites (tertiary alicyclic amines) is 1. The van der Waals surface area contributed by atoms with Crippen LogP contribution in [-0.2, 0) is 4.79 Å². The van der Waals surface area contributed by atoms with E-state index in [4.69, 9.17) is 9.78 Å². The van der Waals surface area contributed by atoms with Crippen molar-refractivity contribution in [3.05, 3.63) is 41.4 Å². The molecule has 1 aliphatic heterocycles. The lowest BCUT2D eigenvalue weighted by molar-refractivity contribution is -0.130. The van der Waals surface area contributed by atoms with Gasteiger partial charge in [-0.1, -0.05) is 5.16 Å². The van der Waals surface area contributed by atoms with Gasteiger partial charge >= 0.3 is 0 Å². The van der Waals surface area contributed by atoms with Crippen LogP contribution in [0.2, 0.25) is 0 Å². The average molecular weight is 325 g/mol. The van der Waals surface area contributed by atoms with E-state index >= 15 is 0 Å². The van der Waals surface area contributed by atoms with Crippen LogP contribution in [0.3, 0.4) is 0 Å². The van der Waals surface area contributed by atoms with Crippen molar-refractivity contribution in [3.8, 4) is 6.07 Å². The molecule has 0 aromatic carbocycles. The van der Waals surface area contributed by atoms with E-state index in [1.165, 1.54) is 6.20 Å². The molecule has 1 saturated heterocycles. The number of nitriles is 1. The van der Waals surface area contributed by atoms with Crippen LogP contribution < -0.4 is 4.90 Å². The van der Waals surface area contributed by atoms with E-state index in [2.05, 4.69) is 10.1 Å². The molecule has 7 heteroatoms. The molecule has 3 rings (SSSR count). The summed E-state index contributed by atoms with van der Waals surface area (Å²) >= 11 is 0. The summed E-state index contributed by atoms with van der Waals surface area (Å²) in [4.78, 5) is 20.5. The minimum atomic E-state index is -0.0407. The summed E-state index contributed by atoms with van der Waals surface area (Å²) in [5, 5.41) is 12.7. The molecule has 0 saturated carbocycles. The van der Waals surface area contributed by atoms with E-state index in [0.717, 1.165) is 30.8 Å². The van der Waals surface area contributed by atoms with Gasteiger partial charge in [0, 0.05) is 25.9 Å². The van der Waals surface area contributed by atoms with Gasteiger partial charge in [-0.15, -0.1) is 0 Å². The van der Waals surface area contributed by atoms with Crippen molar-refractivity contribution in [1.29, 1.82) is 5.26 Å². The van der Waals surface area contributed by atoms with Crippen molar-refractivity contribution >= 4 is 11.7 Å². The molecule has 124 valence electrons. The average Bonchev–Trinajstić information content (AvgIpc) is 3.23. The first-order chi connectivity index (χ1) is 11.6. The van der Waals surface area contributed by atoms with Crippen LogP contribution in [0.1, 0.15) is 35.9 Å². The summed E-state index contributed by atoms with van der Waals surface area (Å²) in [6, 6.07) is 7.32. The highest BCUT2D eigenvalue weighted by Gasteiger charge is 2.32. The number of aromatic nitrogens is 2. The van der Waals surface area contributed by atoms with Gasteiger partial charge in [0.15, 0.2) is 5.76 Å². The standard InChI is InChI=1S/C17H19N5O2/c1-12-8-15(24-20-12)14-4-3-7-22(14)17(23)11-21(2)16-6-5-13(9-18)10-19-16/h5-6,8,10,14H,3-4,7,11H2,1-2H3/t14-/m0/s1. The van der Waals surface area contributed by atoms with Gasteiger partial charge in [-0.2, -0.15) is 5.26 Å². The predicted molar refractivity (Wildman–Crippen MR) is 87.2 cm³/mol. The molecule has 1 amide bonds. The molecule has 0 aliphatic carbocycles. The molecule has 2 aromatic rings. The van der Waals surface area contributed by atoms with Gasteiger partial charge in [-0.25, -0.2) is 4.98 Å². The predicted octanol–water partition coefficient (Wildman–Crippen LogP) is 2.05. The topological polar surface area (TPSA) is 86.3 Å². The molecule has 7 nitrogen and oxygen atoms in total. The Morgan fingerprint density at radius 2 is 2.38 bits per heavy atom. The van der Waals surface area contributed by atoms with Crippen molar-refractivity contribution in [2.24, 2.45) is 0 Å². The Balaban J connectivity index is 1.68. The monoisotopic (exact) mass is 325 g/mol. The maximum Gasteiger partial charge on any atom is 0.242 e. The Morgan fingerprint density at radius 3 is 3.00 bits per heavy atom. The lowest BCUT2D eigenvalue weighted by Gasteiger charge is -2.26. The Bertz CT molecular complexity index is 762. The number of rotatable bonds is 4. The molecular formula is C17H19N5O2. The Hall–Kier alpha value is -2.88. The van der Waals surface area contributed by atoms with Crippen LogP contribution >= 0.6 is 0 Å². The highest BCUT2D eigenvalue weighted by molar-refractivity contribution is 5.81. The van der Waals surface area contributed by atoms with Gasteiger partial charge in [0.1, 0.15) is 11.9 Å². The third-order valence-corrected chi connectivity index (χ3v) is 4.19. The zero-order chi connectivity index (χ0) is 17.1. The fraction of sp³-hybridized carbons (Fsp3) is 0.412. The third-order valence-electron chi connectivity index (χ3n) is 4.19. The third kappa shape index (κ3) is 3.23. The minimum absolute atomic E-state index is 0.0280. The summed E-state index contributed by atoms with van der Waals surface area (Å²) in [7, 11) is 1.82. The fourth-order valence-electron chi connectivity index (χ4n) is 2.95. The molecule has 1 aliphatic rings. The maximum atomic E-state index is 12.7. The number of aryl methyl sites for hydroxylation is 1. The maximum absolute atomic E-state index is 12.7. The van der Waals surface area contributed by atoms with E-state index in [0.29, 0.717) is 11.4 Å². The smallest absolute Gasteiger partial charge is 0.242 e. The number of carbonyl (C=O) groups is 1. The second kappa shape index (κ2) is 6.71. The quantitative estimate of drug-likeness (QED) is 0.855. The molecule has 0 radical (unpaired) electrons. The Morgan fingerprint density at radius 1 is 1.54 bits per heavy atom. The highest BCUT2D eigenvalue weighted by Crippen LogP contribution is 2.32. The van der Waals surface area contributed by atoms with Crippen LogP contribution in [0, 0.1) is 18.3 Å². The van der Waals surface area contributed by atoms with E-state index in [9.17, 15) is 4.79 Å². The van der Waals surface area contributed by atoms with Crippen molar-refractivity contribution in [2.45, 2.75) is 25.8 Å². The number of nitrogens with zero attached hydrogens (tertiary/aromatic N) is 5. The van der Waals surface area contributed by atoms with Crippen LogP contribution in [0.4, 0.5) is 5.82 Å². The van der Waals surface area contributed by atoms with Gasteiger partial charge in [-0.3, -0.25) is 4.79 Å². The zero-order valence-electron chi connectivity index (χ0n) is 13.8. The van der Waals surface area contributed by atoms with E-state index in [1.807, 2.05) is 31.0 Å². The molecule has 24 heavy (non-hydrogen) atoms. The molecule has 0 bridgehead atoms. The van der Waals surface area contributed by atoms with Gasteiger partial charge in [-0.05, 0) is 31.9 Å². The molecule has 3 heterocycles. The van der Waals surface area contributed by atoms with Crippen molar-refractivity contribution in [1.82, 2.24) is 15.0 Å². The second-order valence-corrected chi connectivity index (χ2v) is 5.99. The zero-order valence-corrected chi connectivity index (χ0v) is 13.8. The lowest BCUT2D eigenvalue weighted by atomic mass is 10.1. The number of anilines is 1. The first kappa shape index (κ1) is 16.0. The SMILES string of the molecule is Cc1cc([C@@H]2CCCN2C(=O)CN(C)c2ccc(C#N)cn2)on1. The Kier molecular flexibility index (Phi) is 4.47. The molecule has 1 atom stereocenters. The largest absolute Gasteiger partial charge is 0.359 e. The first-order valence-corrected chi connectivity index (χ1v) is 7.88. The first-order valence-electron chi connectivity index (χ1n) is 7.88. The lowest BCUT2D eigenvalue weighted by Crippen LogP contribution is -2.38. The molecule has 0 N–H and O–H groups in total. The van der Waals surface area contributed by atoms with Crippen molar-refractivity contribution in [2.75, 3.05) is 25.0 Å².